The first-order valence-corrected chi connectivity index (χ1v) is 10.7. The summed E-state index contributed by atoms with van der Waals surface area (Å²) in [7, 11) is 0. The van der Waals surface area contributed by atoms with Crippen molar-refractivity contribution in [2.45, 2.75) is 64.8 Å². The Morgan fingerprint density at radius 2 is 2.00 bits per heavy atom. The lowest BCUT2D eigenvalue weighted by Crippen LogP contribution is -2.33. The quantitative estimate of drug-likeness (QED) is 0.711. The Bertz CT molecular complexity index is 694. The number of hydrogen-bond acceptors (Lipinski definition) is 4. The van der Waals surface area contributed by atoms with Crippen LogP contribution >= 0.6 is 11.3 Å². The van der Waals surface area contributed by atoms with Crippen molar-refractivity contribution < 1.29 is 4.79 Å². The first-order chi connectivity index (χ1) is 12.7. The SMILES string of the molecule is CCC(CC1CCCCC1)C(=O)NC(C)c1nc(-c2ccncc2)cs1. The molecule has 0 saturated heterocycles. The Morgan fingerprint density at radius 3 is 2.69 bits per heavy atom. The summed E-state index contributed by atoms with van der Waals surface area (Å²) in [4.78, 5) is 21.5. The molecule has 1 N–H and O–H groups in total. The summed E-state index contributed by atoms with van der Waals surface area (Å²) < 4.78 is 0. The average molecular weight is 372 g/mol. The van der Waals surface area contributed by atoms with Crippen LogP contribution in [0.2, 0.25) is 0 Å². The zero-order valence-corrected chi connectivity index (χ0v) is 16.6. The van der Waals surface area contributed by atoms with Crippen LogP contribution < -0.4 is 5.32 Å². The van der Waals surface area contributed by atoms with Crippen LogP contribution in [-0.4, -0.2) is 15.9 Å². The van der Waals surface area contributed by atoms with E-state index in [0.29, 0.717) is 0 Å². The molecular weight excluding hydrogens is 342 g/mol. The van der Waals surface area contributed by atoms with Crippen LogP contribution in [0.4, 0.5) is 0 Å². The van der Waals surface area contributed by atoms with Crippen LogP contribution in [-0.2, 0) is 4.79 Å². The molecule has 0 bridgehead atoms. The first kappa shape index (κ1) is 19.0. The molecule has 2 aromatic heterocycles. The van der Waals surface area contributed by atoms with E-state index in [-0.39, 0.29) is 17.9 Å². The van der Waals surface area contributed by atoms with Crippen LogP contribution in [0.25, 0.3) is 11.3 Å². The van der Waals surface area contributed by atoms with E-state index in [1.807, 2.05) is 24.4 Å². The van der Waals surface area contributed by atoms with E-state index in [1.165, 1.54) is 32.1 Å². The van der Waals surface area contributed by atoms with Gasteiger partial charge in [0.15, 0.2) is 0 Å². The predicted molar refractivity (Wildman–Crippen MR) is 107 cm³/mol. The molecule has 3 rings (SSSR count). The molecule has 140 valence electrons. The van der Waals surface area contributed by atoms with Crippen molar-refractivity contribution in [3.05, 3.63) is 34.9 Å². The number of thiazole rings is 1. The average Bonchev–Trinajstić information content (AvgIpc) is 3.18. The van der Waals surface area contributed by atoms with Crippen molar-refractivity contribution in [1.82, 2.24) is 15.3 Å². The summed E-state index contributed by atoms with van der Waals surface area (Å²) >= 11 is 1.60. The molecule has 2 unspecified atom stereocenters. The topological polar surface area (TPSA) is 54.9 Å². The van der Waals surface area contributed by atoms with Gasteiger partial charge < -0.3 is 5.32 Å². The number of aromatic nitrogens is 2. The minimum Gasteiger partial charge on any atom is -0.347 e. The molecule has 5 heteroatoms. The second kappa shape index (κ2) is 9.26. The summed E-state index contributed by atoms with van der Waals surface area (Å²) in [5, 5.41) is 6.20. The molecule has 0 aromatic carbocycles. The third-order valence-corrected chi connectivity index (χ3v) is 6.46. The molecule has 1 amide bonds. The summed E-state index contributed by atoms with van der Waals surface area (Å²) in [5.41, 5.74) is 2.01. The van der Waals surface area contributed by atoms with Gasteiger partial charge in [-0.2, -0.15) is 0 Å². The number of hydrogen-bond donors (Lipinski definition) is 1. The van der Waals surface area contributed by atoms with Gasteiger partial charge in [-0.1, -0.05) is 39.0 Å². The number of pyridine rings is 1. The van der Waals surface area contributed by atoms with E-state index >= 15 is 0 Å². The smallest absolute Gasteiger partial charge is 0.223 e. The zero-order valence-electron chi connectivity index (χ0n) is 15.8. The number of nitrogens with one attached hydrogen (secondary N) is 1. The van der Waals surface area contributed by atoms with Crippen molar-refractivity contribution in [3.63, 3.8) is 0 Å². The van der Waals surface area contributed by atoms with Crippen LogP contribution in [0.1, 0.15) is 69.8 Å². The highest BCUT2D eigenvalue weighted by Crippen LogP contribution is 2.31. The fraction of sp³-hybridized carbons (Fsp3) is 0.571. The molecule has 2 heterocycles. The van der Waals surface area contributed by atoms with Crippen LogP contribution in [0.5, 0.6) is 0 Å². The highest BCUT2D eigenvalue weighted by molar-refractivity contribution is 7.10. The van der Waals surface area contributed by atoms with Gasteiger partial charge in [-0.3, -0.25) is 9.78 Å². The molecule has 1 aliphatic carbocycles. The molecule has 1 fully saturated rings. The maximum Gasteiger partial charge on any atom is 0.223 e. The number of rotatable bonds is 7. The van der Waals surface area contributed by atoms with E-state index in [9.17, 15) is 4.79 Å². The summed E-state index contributed by atoms with van der Waals surface area (Å²) in [6.45, 7) is 4.16. The van der Waals surface area contributed by atoms with E-state index in [1.54, 1.807) is 23.7 Å². The Balaban J connectivity index is 1.58. The van der Waals surface area contributed by atoms with E-state index in [0.717, 1.165) is 35.0 Å². The molecule has 4 nitrogen and oxygen atoms in total. The minimum atomic E-state index is -0.0523. The fourth-order valence-corrected chi connectivity index (χ4v) is 4.65. The lowest BCUT2D eigenvalue weighted by atomic mass is 9.81. The predicted octanol–water partition coefficient (Wildman–Crippen LogP) is 5.38. The van der Waals surface area contributed by atoms with Crippen molar-refractivity contribution in [1.29, 1.82) is 0 Å². The Kier molecular flexibility index (Phi) is 6.78. The minimum absolute atomic E-state index is 0.0523. The lowest BCUT2D eigenvalue weighted by molar-refractivity contribution is -0.126. The highest BCUT2D eigenvalue weighted by Gasteiger charge is 2.24. The van der Waals surface area contributed by atoms with E-state index in [4.69, 9.17) is 4.98 Å². The van der Waals surface area contributed by atoms with E-state index < -0.39 is 0 Å². The third-order valence-electron chi connectivity index (χ3n) is 5.43. The van der Waals surface area contributed by atoms with Gasteiger partial charge in [-0.15, -0.1) is 11.3 Å². The van der Waals surface area contributed by atoms with Gasteiger partial charge in [0.25, 0.3) is 0 Å². The molecule has 1 aliphatic rings. The first-order valence-electron chi connectivity index (χ1n) is 9.83. The Morgan fingerprint density at radius 1 is 1.27 bits per heavy atom. The highest BCUT2D eigenvalue weighted by atomic mass is 32.1. The molecule has 2 atom stereocenters. The monoisotopic (exact) mass is 371 g/mol. The molecule has 1 saturated carbocycles. The number of nitrogens with zero attached hydrogens (tertiary/aromatic N) is 2. The Labute approximate surface area is 160 Å². The zero-order chi connectivity index (χ0) is 18.4. The van der Waals surface area contributed by atoms with Gasteiger partial charge in [0.1, 0.15) is 5.01 Å². The van der Waals surface area contributed by atoms with Gasteiger partial charge in [-0.05, 0) is 37.8 Å². The van der Waals surface area contributed by atoms with Crippen molar-refractivity contribution >= 4 is 17.2 Å². The maximum atomic E-state index is 12.8. The van der Waals surface area contributed by atoms with Gasteiger partial charge in [0, 0.05) is 29.3 Å². The maximum absolute atomic E-state index is 12.8. The van der Waals surface area contributed by atoms with Crippen molar-refractivity contribution in [2.75, 3.05) is 0 Å². The van der Waals surface area contributed by atoms with Gasteiger partial charge >= 0.3 is 0 Å². The second-order valence-corrected chi connectivity index (χ2v) is 8.27. The summed E-state index contributed by atoms with van der Waals surface area (Å²) in [6, 6.07) is 3.86. The van der Waals surface area contributed by atoms with Crippen LogP contribution in [0.15, 0.2) is 29.9 Å². The van der Waals surface area contributed by atoms with Gasteiger partial charge in [0.05, 0.1) is 11.7 Å². The molecule has 0 aliphatic heterocycles. The number of carbonyl (C=O) groups is 1. The third kappa shape index (κ3) is 4.91. The summed E-state index contributed by atoms with van der Waals surface area (Å²) in [5.74, 6) is 1.04. The molecule has 26 heavy (non-hydrogen) atoms. The normalized spacial score (nSPS) is 17.6. The van der Waals surface area contributed by atoms with E-state index in [2.05, 4.69) is 17.2 Å². The molecule has 0 spiro atoms. The lowest BCUT2D eigenvalue weighted by Gasteiger charge is -2.26. The molecule has 0 radical (unpaired) electrons. The fourth-order valence-electron chi connectivity index (χ4n) is 3.82. The summed E-state index contributed by atoms with van der Waals surface area (Å²) in [6.07, 6.45) is 12.1. The van der Waals surface area contributed by atoms with Crippen LogP contribution in [0, 0.1) is 11.8 Å². The van der Waals surface area contributed by atoms with Crippen molar-refractivity contribution in [3.8, 4) is 11.3 Å². The molecular formula is C21H29N3OS. The largest absolute Gasteiger partial charge is 0.347 e. The van der Waals surface area contributed by atoms with Gasteiger partial charge in [-0.25, -0.2) is 4.98 Å². The number of carbonyl (C=O) groups excluding carboxylic acids is 1. The Hall–Kier alpha value is -1.75. The second-order valence-electron chi connectivity index (χ2n) is 7.38. The number of amides is 1. The van der Waals surface area contributed by atoms with Crippen LogP contribution in [0.3, 0.4) is 0 Å². The molecule has 2 aromatic rings. The van der Waals surface area contributed by atoms with Gasteiger partial charge in [0.2, 0.25) is 5.91 Å². The van der Waals surface area contributed by atoms with Crippen molar-refractivity contribution in [2.24, 2.45) is 11.8 Å². The standard InChI is InChI=1S/C21H29N3OS/c1-3-17(13-16-7-5-4-6-8-16)20(25)23-15(2)21-24-19(14-26-21)18-9-11-22-12-10-18/h9-12,14-17H,3-8,13H2,1-2H3,(H,23,25).